The first-order chi connectivity index (χ1) is 6.91. The van der Waals surface area contributed by atoms with Gasteiger partial charge in [-0.25, -0.2) is 0 Å². The van der Waals surface area contributed by atoms with Gasteiger partial charge in [0.15, 0.2) is 0 Å². The molecule has 0 aromatic heterocycles. The first-order valence-electron chi connectivity index (χ1n) is 5.71. The molecule has 1 heteroatoms. The van der Waals surface area contributed by atoms with Crippen molar-refractivity contribution in [1.29, 1.82) is 0 Å². The highest BCUT2D eigenvalue weighted by molar-refractivity contribution is 5.42. The summed E-state index contributed by atoms with van der Waals surface area (Å²) in [4.78, 5) is 0. The van der Waals surface area contributed by atoms with Crippen LogP contribution in [0.15, 0.2) is 35.6 Å². The maximum Gasteiger partial charge on any atom is 0.0341 e. The minimum Gasteiger partial charge on any atom is -0.384 e. The van der Waals surface area contributed by atoms with E-state index in [9.17, 15) is 0 Å². The van der Waals surface area contributed by atoms with E-state index in [1.165, 1.54) is 25.1 Å². The fourth-order valence-corrected chi connectivity index (χ4v) is 2.30. The van der Waals surface area contributed by atoms with Gasteiger partial charge in [-0.2, -0.15) is 0 Å². The third-order valence-electron chi connectivity index (χ3n) is 3.27. The highest BCUT2D eigenvalue weighted by Gasteiger charge is 2.49. The van der Waals surface area contributed by atoms with Gasteiger partial charge in [-0.1, -0.05) is 32.1 Å². The molecule has 2 aliphatic carbocycles. The predicted octanol–water partition coefficient (Wildman–Crippen LogP) is 3.17. The maximum atomic E-state index is 3.50. The van der Waals surface area contributed by atoms with Gasteiger partial charge in [-0.3, -0.25) is 0 Å². The summed E-state index contributed by atoms with van der Waals surface area (Å²) in [7, 11) is 0. The Kier molecular flexibility index (Phi) is 2.49. The number of allylic oxidation sites excluding steroid dienone is 4. The fourth-order valence-electron chi connectivity index (χ4n) is 2.30. The Bertz CT molecular complexity index is 303. The zero-order valence-corrected chi connectivity index (χ0v) is 9.14. The Balaban J connectivity index is 0.000000354. The van der Waals surface area contributed by atoms with Gasteiger partial charge in [-0.05, 0) is 30.9 Å². The molecule has 3 rings (SSSR count). The molecule has 1 fully saturated rings. The summed E-state index contributed by atoms with van der Waals surface area (Å²) in [5.41, 5.74) is 3.65. The number of nitrogens with one attached hydrogen (secondary N) is 1. The lowest BCUT2D eigenvalue weighted by Gasteiger charge is -2.07. The third-order valence-corrected chi connectivity index (χ3v) is 3.27. The van der Waals surface area contributed by atoms with Gasteiger partial charge in [-0.15, -0.1) is 0 Å². The lowest BCUT2D eigenvalue weighted by atomic mass is 9.95. The van der Waals surface area contributed by atoms with Crippen LogP contribution in [0.5, 0.6) is 0 Å². The van der Waals surface area contributed by atoms with E-state index in [-0.39, 0.29) is 0 Å². The predicted molar refractivity (Wildman–Crippen MR) is 60.9 cm³/mol. The zero-order chi connectivity index (χ0) is 10.0. The lowest BCUT2D eigenvalue weighted by Crippen LogP contribution is -2.12. The van der Waals surface area contributed by atoms with E-state index in [2.05, 4.69) is 29.6 Å². The molecule has 14 heavy (non-hydrogen) atoms. The summed E-state index contributed by atoms with van der Waals surface area (Å²) >= 11 is 0. The second-order valence-corrected chi connectivity index (χ2v) is 4.02. The van der Waals surface area contributed by atoms with Crippen LogP contribution in [0.1, 0.15) is 33.1 Å². The van der Waals surface area contributed by atoms with Gasteiger partial charge in [0.2, 0.25) is 0 Å². The quantitative estimate of drug-likeness (QED) is 0.617. The second-order valence-electron chi connectivity index (χ2n) is 4.02. The largest absolute Gasteiger partial charge is 0.384 e. The molecular formula is C13H19N. The Morgan fingerprint density at radius 2 is 2.00 bits per heavy atom. The summed E-state index contributed by atoms with van der Waals surface area (Å²) in [5, 5.41) is 3.50. The van der Waals surface area contributed by atoms with Crippen molar-refractivity contribution in [2.75, 3.05) is 6.54 Å². The summed E-state index contributed by atoms with van der Waals surface area (Å²) in [5.74, 6) is 0. The molecule has 1 nitrogen and oxygen atoms in total. The molecule has 76 valence electrons. The van der Waals surface area contributed by atoms with Crippen LogP contribution < -0.4 is 5.32 Å². The van der Waals surface area contributed by atoms with Crippen molar-refractivity contribution in [3.8, 4) is 0 Å². The highest BCUT2D eigenvalue weighted by Crippen LogP contribution is 2.56. The summed E-state index contributed by atoms with van der Waals surface area (Å²) < 4.78 is 0. The van der Waals surface area contributed by atoms with Crippen molar-refractivity contribution < 1.29 is 0 Å². The Hall–Kier alpha value is -0.980. The van der Waals surface area contributed by atoms with Crippen LogP contribution in [-0.2, 0) is 0 Å². The van der Waals surface area contributed by atoms with Gasteiger partial charge >= 0.3 is 0 Å². The minimum absolute atomic E-state index is 0.592. The highest BCUT2D eigenvalue weighted by atomic mass is 15.0. The SMILES string of the molecule is C1=CCC2=C(C=C1)NCC21CC1.CC. The van der Waals surface area contributed by atoms with Crippen molar-refractivity contribution in [3.63, 3.8) is 0 Å². The van der Waals surface area contributed by atoms with Crippen LogP contribution in [-0.4, -0.2) is 6.54 Å². The molecule has 0 saturated heterocycles. The molecule has 1 saturated carbocycles. The van der Waals surface area contributed by atoms with E-state index in [4.69, 9.17) is 0 Å². The van der Waals surface area contributed by atoms with Crippen LogP contribution in [0.3, 0.4) is 0 Å². The van der Waals surface area contributed by atoms with Crippen LogP contribution >= 0.6 is 0 Å². The standard InChI is InChI=1S/C11H13N.C2H6/c1-2-4-9-10(5-3-1)12-8-11(9)6-7-11;1-2/h1-3,5,12H,4,6-8H2;1-2H3. The summed E-state index contributed by atoms with van der Waals surface area (Å²) in [6.45, 7) is 5.19. The van der Waals surface area contributed by atoms with Gasteiger partial charge in [0, 0.05) is 17.7 Å². The molecule has 1 N–H and O–H groups in total. The molecule has 0 atom stereocenters. The van der Waals surface area contributed by atoms with Crippen molar-refractivity contribution in [1.82, 2.24) is 5.32 Å². The molecular weight excluding hydrogens is 170 g/mol. The van der Waals surface area contributed by atoms with Crippen LogP contribution in [0.2, 0.25) is 0 Å². The Morgan fingerprint density at radius 3 is 2.71 bits per heavy atom. The average molecular weight is 189 g/mol. The summed E-state index contributed by atoms with van der Waals surface area (Å²) in [6.07, 6.45) is 12.7. The normalized spacial score (nSPS) is 25.0. The van der Waals surface area contributed by atoms with Crippen molar-refractivity contribution >= 4 is 0 Å². The molecule has 3 aliphatic rings. The third kappa shape index (κ3) is 1.41. The minimum atomic E-state index is 0.592. The first kappa shape index (κ1) is 9.57. The molecule has 0 aromatic carbocycles. The smallest absolute Gasteiger partial charge is 0.0341 e. The van der Waals surface area contributed by atoms with Gasteiger partial charge in [0.05, 0.1) is 0 Å². The van der Waals surface area contributed by atoms with E-state index in [1.54, 1.807) is 5.57 Å². The fraction of sp³-hybridized carbons (Fsp3) is 0.538. The number of fused-ring (bicyclic) bond motifs is 1. The van der Waals surface area contributed by atoms with Crippen molar-refractivity contribution in [3.05, 3.63) is 35.6 Å². The van der Waals surface area contributed by atoms with Gasteiger partial charge in [0.25, 0.3) is 0 Å². The van der Waals surface area contributed by atoms with E-state index in [0.717, 1.165) is 6.42 Å². The first-order valence-corrected chi connectivity index (χ1v) is 5.71. The lowest BCUT2D eigenvalue weighted by molar-refractivity contribution is 0.616. The van der Waals surface area contributed by atoms with E-state index in [0.29, 0.717) is 5.41 Å². The Morgan fingerprint density at radius 1 is 1.21 bits per heavy atom. The molecule has 0 unspecified atom stereocenters. The molecule has 0 bridgehead atoms. The molecule has 0 radical (unpaired) electrons. The number of hydrogen-bond acceptors (Lipinski definition) is 1. The molecule has 0 aromatic rings. The van der Waals surface area contributed by atoms with Crippen LogP contribution in [0, 0.1) is 5.41 Å². The average Bonchev–Trinajstić information content (AvgIpc) is 2.95. The van der Waals surface area contributed by atoms with E-state index >= 15 is 0 Å². The topological polar surface area (TPSA) is 12.0 Å². The maximum absolute atomic E-state index is 3.50. The zero-order valence-electron chi connectivity index (χ0n) is 9.14. The number of rotatable bonds is 0. The van der Waals surface area contributed by atoms with Crippen LogP contribution in [0.25, 0.3) is 0 Å². The van der Waals surface area contributed by atoms with Crippen molar-refractivity contribution in [2.45, 2.75) is 33.1 Å². The van der Waals surface area contributed by atoms with Crippen LogP contribution in [0.4, 0.5) is 0 Å². The molecule has 0 amide bonds. The van der Waals surface area contributed by atoms with Gasteiger partial charge in [0.1, 0.15) is 0 Å². The Labute approximate surface area is 86.6 Å². The van der Waals surface area contributed by atoms with Crippen molar-refractivity contribution in [2.24, 2.45) is 5.41 Å². The molecule has 1 heterocycles. The molecule has 1 aliphatic heterocycles. The monoisotopic (exact) mass is 189 g/mol. The second kappa shape index (κ2) is 3.64. The van der Waals surface area contributed by atoms with E-state index in [1.807, 2.05) is 13.8 Å². The summed E-state index contributed by atoms with van der Waals surface area (Å²) in [6, 6.07) is 0. The van der Waals surface area contributed by atoms with Gasteiger partial charge < -0.3 is 5.32 Å². The van der Waals surface area contributed by atoms with E-state index < -0.39 is 0 Å². The number of hydrogen-bond donors (Lipinski definition) is 1. The molecule has 1 spiro atoms.